The Kier molecular flexibility index (Phi) is 1.48. The number of aromatic amines is 1. The lowest BCUT2D eigenvalue weighted by molar-refractivity contribution is 0.189. The van der Waals surface area contributed by atoms with Gasteiger partial charge >= 0.3 is 0 Å². The van der Waals surface area contributed by atoms with Gasteiger partial charge in [-0.25, -0.2) is 4.98 Å². The molecule has 50 valence electrons. The molecule has 1 rings (SSSR count). The van der Waals surface area contributed by atoms with E-state index in [0.29, 0.717) is 5.82 Å². The molecule has 0 aliphatic rings. The van der Waals surface area contributed by atoms with Crippen LogP contribution in [0.3, 0.4) is 0 Å². The summed E-state index contributed by atoms with van der Waals surface area (Å²) in [6.07, 6.45) is -0.574. The Labute approximate surface area is 52.9 Å². The van der Waals surface area contributed by atoms with E-state index in [9.17, 15) is 0 Å². The normalized spacial score (nSPS) is 13.7. The minimum atomic E-state index is -0.574. The lowest BCUT2D eigenvalue weighted by Crippen LogP contribution is -1.92. The molecule has 4 heteroatoms. The second-order valence-electron chi connectivity index (χ2n) is 1.95. The quantitative estimate of drug-likeness (QED) is 0.565. The zero-order valence-electron chi connectivity index (χ0n) is 5.42. The highest BCUT2D eigenvalue weighted by Crippen LogP contribution is 2.02. The molecule has 1 aromatic heterocycles. The minimum absolute atomic E-state index is 0.451. The molecule has 0 saturated carbocycles. The molecule has 2 N–H and O–H groups in total. The van der Waals surface area contributed by atoms with Crippen LogP contribution in [0.25, 0.3) is 0 Å². The van der Waals surface area contributed by atoms with Gasteiger partial charge in [-0.15, -0.1) is 0 Å². The summed E-state index contributed by atoms with van der Waals surface area (Å²) in [5, 5.41) is 15.3. The standard InChI is InChI=1S/C5H9N3O/c1-3(9)5-6-4(2)7-8-5/h3,9H,1-2H3,(H,6,7,8). The van der Waals surface area contributed by atoms with Crippen LogP contribution >= 0.6 is 0 Å². The Morgan fingerprint density at radius 3 is 2.56 bits per heavy atom. The molecule has 0 saturated heterocycles. The molecule has 0 amide bonds. The van der Waals surface area contributed by atoms with Gasteiger partial charge in [0.15, 0.2) is 5.82 Å². The first kappa shape index (κ1) is 6.22. The summed E-state index contributed by atoms with van der Waals surface area (Å²) < 4.78 is 0. The first-order chi connectivity index (χ1) is 4.20. The first-order valence-corrected chi connectivity index (χ1v) is 2.77. The molecule has 1 unspecified atom stereocenters. The van der Waals surface area contributed by atoms with Gasteiger partial charge in [-0.05, 0) is 13.8 Å². The van der Waals surface area contributed by atoms with E-state index in [-0.39, 0.29) is 0 Å². The zero-order chi connectivity index (χ0) is 6.85. The fourth-order valence-corrected chi connectivity index (χ4v) is 0.547. The van der Waals surface area contributed by atoms with Gasteiger partial charge in [0.2, 0.25) is 0 Å². The molecule has 0 aromatic carbocycles. The molecular weight excluding hydrogens is 118 g/mol. The molecular formula is C5H9N3O. The van der Waals surface area contributed by atoms with E-state index < -0.39 is 6.10 Å². The molecule has 4 nitrogen and oxygen atoms in total. The van der Waals surface area contributed by atoms with Crippen LogP contribution in [-0.4, -0.2) is 20.3 Å². The number of hydrogen-bond donors (Lipinski definition) is 2. The third kappa shape index (κ3) is 1.26. The lowest BCUT2D eigenvalue weighted by atomic mass is 10.4. The van der Waals surface area contributed by atoms with E-state index in [2.05, 4.69) is 15.2 Å². The van der Waals surface area contributed by atoms with Gasteiger partial charge in [0.05, 0.1) is 0 Å². The average molecular weight is 127 g/mol. The first-order valence-electron chi connectivity index (χ1n) is 2.77. The maximum atomic E-state index is 8.89. The van der Waals surface area contributed by atoms with Crippen molar-refractivity contribution in [2.45, 2.75) is 20.0 Å². The van der Waals surface area contributed by atoms with Crippen LogP contribution in [0.1, 0.15) is 24.7 Å². The molecule has 1 aromatic rings. The Morgan fingerprint density at radius 2 is 2.33 bits per heavy atom. The number of aryl methyl sites for hydroxylation is 1. The van der Waals surface area contributed by atoms with E-state index in [4.69, 9.17) is 5.11 Å². The van der Waals surface area contributed by atoms with Gasteiger partial charge in [-0.3, -0.25) is 5.10 Å². The SMILES string of the molecule is Cc1nc(C(C)O)n[nH]1. The van der Waals surface area contributed by atoms with Crippen LogP contribution in [0, 0.1) is 6.92 Å². The van der Waals surface area contributed by atoms with Crippen molar-refractivity contribution >= 4 is 0 Å². The summed E-state index contributed by atoms with van der Waals surface area (Å²) in [6, 6.07) is 0. The van der Waals surface area contributed by atoms with Crippen molar-refractivity contribution in [1.82, 2.24) is 15.2 Å². The Balaban J connectivity index is 2.85. The summed E-state index contributed by atoms with van der Waals surface area (Å²) in [7, 11) is 0. The number of nitrogens with one attached hydrogen (secondary N) is 1. The van der Waals surface area contributed by atoms with Gasteiger partial charge in [-0.2, -0.15) is 5.10 Å². The van der Waals surface area contributed by atoms with Gasteiger partial charge in [0.1, 0.15) is 11.9 Å². The molecule has 1 heterocycles. The van der Waals surface area contributed by atoms with Gasteiger partial charge in [-0.1, -0.05) is 0 Å². The summed E-state index contributed by atoms with van der Waals surface area (Å²) in [5.41, 5.74) is 0. The maximum absolute atomic E-state index is 8.89. The smallest absolute Gasteiger partial charge is 0.178 e. The highest BCUT2D eigenvalue weighted by molar-refractivity contribution is 4.89. The van der Waals surface area contributed by atoms with Crippen molar-refractivity contribution in [2.24, 2.45) is 0 Å². The van der Waals surface area contributed by atoms with E-state index >= 15 is 0 Å². The van der Waals surface area contributed by atoms with Crippen molar-refractivity contribution in [3.63, 3.8) is 0 Å². The molecule has 0 aliphatic heterocycles. The number of aliphatic hydroxyl groups excluding tert-OH is 1. The summed E-state index contributed by atoms with van der Waals surface area (Å²) in [5.74, 6) is 1.18. The fourth-order valence-electron chi connectivity index (χ4n) is 0.547. The van der Waals surface area contributed by atoms with Crippen molar-refractivity contribution in [2.75, 3.05) is 0 Å². The second-order valence-corrected chi connectivity index (χ2v) is 1.95. The lowest BCUT2D eigenvalue weighted by Gasteiger charge is -1.92. The third-order valence-electron chi connectivity index (χ3n) is 0.988. The highest BCUT2D eigenvalue weighted by atomic mass is 16.3. The molecule has 1 atom stereocenters. The predicted octanol–water partition coefficient (Wildman–Crippen LogP) is 0.166. The van der Waals surface area contributed by atoms with Crippen LogP contribution < -0.4 is 0 Å². The van der Waals surface area contributed by atoms with E-state index in [1.54, 1.807) is 13.8 Å². The number of hydrogen-bond acceptors (Lipinski definition) is 3. The predicted molar refractivity (Wildman–Crippen MR) is 31.8 cm³/mol. The molecule has 0 radical (unpaired) electrons. The number of aliphatic hydroxyl groups is 1. The largest absolute Gasteiger partial charge is 0.385 e. The topological polar surface area (TPSA) is 61.8 Å². The summed E-state index contributed by atoms with van der Waals surface area (Å²) in [6.45, 7) is 3.42. The maximum Gasteiger partial charge on any atom is 0.178 e. The van der Waals surface area contributed by atoms with Crippen LogP contribution in [0.5, 0.6) is 0 Å². The molecule has 9 heavy (non-hydrogen) atoms. The zero-order valence-corrected chi connectivity index (χ0v) is 5.42. The monoisotopic (exact) mass is 127 g/mol. The van der Waals surface area contributed by atoms with Crippen LogP contribution in [-0.2, 0) is 0 Å². The van der Waals surface area contributed by atoms with Gasteiger partial charge in [0.25, 0.3) is 0 Å². The Hall–Kier alpha value is -0.900. The Bertz CT molecular complexity index is 194. The van der Waals surface area contributed by atoms with Crippen molar-refractivity contribution in [3.8, 4) is 0 Å². The summed E-state index contributed by atoms with van der Waals surface area (Å²) in [4.78, 5) is 3.89. The third-order valence-corrected chi connectivity index (χ3v) is 0.988. The van der Waals surface area contributed by atoms with Crippen LogP contribution in [0.2, 0.25) is 0 Å². The number of rotatable bonds is 1. The highest BCUT2D eigenvalue weighted by Gasteiger charge is 2.04. The van der Waals surface area contributed by atoms with Crippen molar-refractivity contribution in [3.05, 3.63) is 11.6 Å². The summed E-state index contributed by atoms with van der Waals surface area (Å²) >= 11 is 0. The average Bonchev–Trinajstić information content (AvgIpc) is 2.14. The molecule has 0 bridgehead atoms. The van der Waals surface area contributed by atoms with E-state index in [1.807, 2.05) is 0 Å². The second kappa shape index (κ2) is 2.14. The van der Waals surface area contributed by atoms with Crippen molar-refractivity contribution < 1.29 is 5.11 Å². The van der Waals surface area contributed by atoms with Gasteiger partial charge in [0, 0.05) is 0 Å². The Morgan fingerprint density at radius 1 is 1.67 bits per heavy atom. The van der Waals surface area contributed by atoms with Crippen LogP contribution in [0.15, 0.2) is 0 Å². The minimum Gasteiger partial charge on any atom is -0.385 e. The molecule has 0 aliphatic carbocycles. The molecule has 0 fully saturated rings. The van der Waals surface area contributed by atoms with E-state index in [1.165, 1.54) is 0 Å². The van der Waals surface area contributed by atoms with E-state index in [0.717, 1.165) is 5.82 Å². The number of aromatic nitrogens is 3. The van der Waals surface area contributed by atoms with Gasteiger partial charge < -0.3 is 5.11 Å². The van der Waals surface area contributed by atoms with Crippen molar-refractivity contribution in [1.29, 1.82) is 0 Å². The number of H-pyrrole nitrogens is 1. The fraction of sp³-hybridized carbons (Fsp3) is 0.600. The van der Waals surface area contributed by atoms with Crippen LogP contribution in [0.4, 0.5) is 0 Å². The molecule has 0 spiro atoms. The number of nitrogens with zero attached hydrogens (tertiary/aromatic N) is 2.